The molecule has 3 rings (SSSR count). The molecular formula is C34H40N2O6. The summed E-state index contributed by atoms with van der Waals surface area (Å²) in [5.41, 5.74) is 3.10. The molecule has 0 aliphatic rings. The third kappa shape index (κ3) is 9.51. The molecule has 0 aromatic heterocycles. The highest BCUT2D eigenvalue weighted by Gasteiger charge is 2.28. The molecule has 1 unspecified atom stereocenters. The molecular weight excluding hydrogens is 532 g/mol. The van der Waals surface area contributed by atoms with Gasteiger partial charge in [-0.05, 0) is 66.3 Å². The number of carbonyl (C=O) groups is 3. The highest BCUT2D eigenvalue weighted by atomic mass is 16.5. The van der Waals surface area contributed by atoms with Crippen LogP contribution in [-0.4, -0.2) is 51.5 Å². The molecule has 8 heteroatoms. The van der Waals surface area contributed by atoms with Gasteiger partial charge in [0.15, 0.2) is 11.5 Å². The largest absolute Gasteiger partial charge is 0.497 e. The average Bonchev–Trinajstić information content (AvgIpc) is 3.02. The van der Waals surface area contributed by atoms with Crippen LogP contribution in [0.4, 0.5) is 0 Å². The maximum Gasteiger partial charge on any atom is 0.289 e. The zero-order valence-electron chi connectivity index (χ0n) is 24.8. The summed E-state index contributed by atoms with van der Waals surface area (Å²) < 4.78 is 15.9. The predicted octanol–water partition coefficient (Wildman–Crippen LogP) is 4.94. The maximum absolute atomic E-state index is 13.6. The zero-order chi connectivity index (χ0) is 30.3. The average molecular weight is 573 g/mol. The second-order valence-electron chi connectivity index (χ2n) is 9.82. The second kappa shape index (κ2) is 16.6. The van der Waals surface area contributed by atoms with Crippen molar-refractivity contribution in [3.05, 3.63) is 95.1 Å². The van der Waals surface area contributed by atoms with Crippen molar-refractivity contribution in [2.24, 2.45) is 0 Å². The number of ether oxygens (including phenoxy) is 3. The molecule has 0 heterocycles. The number of rotatable bonds is 16. The Labute approximate surface area is 248 Å². The molecule has 0 aliphatic carbocycles. The van der Waals surface area contributed by atoms with Gasteiger partial charge in [0.1, 0.15) is 11.8 Å². The molecule has 42 heavy (non-hydrogen) atoms. The van der Waals surface area contributed by atoms with E-state index in [2.05, 4.69) is 10.6 Å². The monoisotopic (exact) mass is 572 g/mol. The molecule has 3 aromatic rings. The van der Waals surface area contributed by atoms with E-state index in [4.69, 9.17) is 14.2 Å². The molecule has 2 amide bonds. The molecule has 0 saturated heterocycles. The van der Waals surface area contributed by atoms with Crippen molar-refractivity contribution in [3.8, 4) is 17.2 Å². The van der Waals surface area contributed by atoms with Crippen molar-refractivity contribution in [3.63, 3.8) is 0 Å². The number of hydrogen-bond acceptors (Lipinski definition) is 6. The van der Waals surface area contributed by atoms with E-state index < -0.39 is 23.6 Å². The lowest BCUT2D eigenvalue weighted by molar-refractivity contribution is -0.139. The minimum Gasteiger partial charge on any atom is -0.497 e. The van der Waals surface area contributed by atoms with Gasteiger partial charge in [0, 0.05) is 18.5 Å². The van der Waals surface area contributed by atoms with E-state index in [9.17, 15) is 14.4 Å². The van der Waals surface area contributed by atoms with Crippen LogP contribution >= 0.6 is 0 Å². The smallest absolute Gasteiger partial charge is 0.289 e. The van der Waals surface area contributed by atoms with Crippen LogP contribution in [-0.2, 0) is 27.2 Å². The van der Waals surface area contributed by atoms with Gasteiger partial charge in [-0.1, -0.05) is 61.9 Å². The van der Waals surface area contributed by atoms with Crippen LogP contribution in [0.25, 0.3) is 6.08 Å². The number of hydrogen-bond donors (Lipinski definition) is 2. The fraction of sp³-hybridized carbons (Fsp3) is 0.324. The van der Waals surface area contributed by atoms with Gasteiger partial charge in [-0.3, -0.25) is 14.4 Å². The summed E-state index contributed by atoms with van der Waals surface area (Å²) in [6.07, 6.45) is 4.71. The first kappa shape index (κ1) is 31.9. The van der Waals surface area contributed by atoms with Crippen molar-refractivity contribution < 1.29 is 28.6 Å². The fourth-order valence-corrected chi connectivity index (χ4v) is 4.43. The molecule has 222 valence electrons. The summed E-state index contributed by atoms with van der Waals surface area (Å²) in [7, 11) is 4.72. The maximum atomic E-state index is 13.6. The molecule has 0 bridgehead atoms. The molecule has 0 spiro atoms. The van der Waals surface area contributed by atoms with Crippen molar-refractivity contribution in [1.82, 2.24) is 10.6 Å². The number of methoxy groups -OCH3 is 3. The number of nitrogens with one attached hydrogen (secondary N) is 2. The van der Waals surface area contributed by atoms with Gasteiger partial charge in [0.05, 0.1) is 21.3 Å². The van der Waals surface area contributed by atoms with Crippen LogP contribution in [0.2, 0.25) is 0 Å². The quantitative estimate of drug-likeness (QED) is 0.186. The van der Waals surface area contributed by atoms with E-state index in [0.29, 0.717) is 29.9 Å². The van der Waals surface area contributed by atoms with Gasteiger partial charge in [-0.25, -0.2) is 0 Å². The van der Waals surface area contributed by atoms with Crippen molar-refractivity contribution in [1.29, 1.82) is 0 Å². The summed E-state index contributed by atoms with van der Waals surface area (Å²) in [6, 6.07) is 21.2. The van der Waals surface area contributed by atoms with Gasteiger partial charge in [-0.15, -0.1) is 0 Å². The number of amides is 2. The van der Waals surface area contributed by atoms with E-state index in [-0.39, 0.29) is 13.0 Å². The molecule has 0 fully saturated rings. The SMILES string of the molecule is CCCCC(=Cc1ccc(OC)c(OC)c1)C(=O)NC(Cc1ccccc1)C(=O)C(=O)NCCc1ccc(OC)cc1. The van der Waals surface area contributed by atoms with E-state index in [1.54, 1.807) is 39.5 Å². The lowest BCUT2D eigenvalue weighted by atomic mass is 9.99. The highest BCUT2D eigenvalue weighted by Crippen LogP contribution is 2.29. The van der Waals surface area contributed by atoms with Crippen molar-refractivity contribution >= 4 is 23.7 Å². The van der Waals surface area contributed by atoms with E-state index in [0.717, 1.165) is 35.3 Å². The summed E-state index contributed by atoms with van der Waals surface area (Å²) in [4.78, 5) is 39.9. The third-order valence-electron chi connectivity index (χ3n) is 6.83. The van der Waals surface area contributed by atoms with E-state index in [1.807, 2.05) is 67.6 Å². The third-order valence-corrected chi connectivity index (χ3v) is 6.83. The number of carbonyl (C=O) groups excluding carboxylic acids is 3. The number of Topliss-reactive ketones (excluding diaryl/α,β-unsaturated/α-hetero) is 1. The van der Waals surface area contributed by atoms with E-state index in [1.165, 1.54) is 0 Å². The van der Waals surface area contributed by atoms with Crippen LogP contribution < -0.4 is 24.8 Å². The molecule has 3 aromatic carbocycles. The Balaban J connectivity index is 1.77. The number of benzene rings is 3. The first-order valence-electron chi connectivity index (χ1n) is 14.1. The van der Waals surface area contributed by atoms with Crippen LogP contribution in [0.1, 0.15) is 42.9 Å². The molecule has 2 N–H and O–H groups in total. The molecule has 1 atom stereocenters. The van der Waals surface area contributed by atoms with Crippen molar-refractivity contribution in [2.45, 2.75) is 45.1 Å². The first-order valence-corrected chi connectivity index (χ1v) is 14.1. The fourth-order valence-electron chi connectivity index (χ4n) is 4.43. The van der Waals surface area contributed by atoms with Gasteiger partial charge < -0.3 is 24.8 Å². The number of ketones is 1. The molecule has 0 radical (unpaired) electrons. The predicted molar refractivity (Wildman–Crippen MR) is 164 cm³/mol. The second-order valence-corrected chi connectivity index (χ2v) is 9.82. The Bertz CT molecular complexity index is 1350. The van der Waals surface area contributed by atoms with Crippen LogP contribution in [0, 0.1) is 0 Å². The topological polar surface area (TPSA) is 103 Å². The Morgan fingerprint density at radius 3 is 2.17 bits per heavy atom. The Kier molecular flexibility index (Phi) is 12.6. The Morgan fingerprint density at radius 1 is 0.810 bits per heavy atom. The first-order chi connectivity index (χ1) is 20.4. The lowest BCUT2D eigenvalue weighted by Crippen LogP contribution is -2.49. The van der Waals surface area contributed by atoms with Gasteiger partial charge in [-0.2, -0.15) is 0 Å². The summed E-state index contributed by atoms with van der Waals surface area (Å²) in [6.45, 7) is 2.33. The van der Waals surface area contributed by atoms with E-state index >= 15 is 0 Å². The van der Waals surface area contributed by atoms with Crippen molar-refractivity contribution in [2.75, 3.05) is 27.9 Å². The zero-order valence-corrected chi connectivity index (χ0v) is 24.8. The molecule has 0 saturated carbocycles. The summed E-state index contributed by atoms with van der Waals surface area (Å²) >= 11 is 0. The lowest BCUT2D eigenvalue weighted by Gasteiger charge is -2.19. The Hall–Kier alpha value is -4.59. The Morgan fingerprint density at radius 2 is 1.52 bits per heavy atom. The minimum atomic E-state index is -1.03. The standard InChI is InChI=1S/C34H40N2O6/c1-5-6-12-27(21-26-15-18-30(41-3)31(23-26)42-4)33(38)36-29(22-25-10-8-7-9-11-25)32(37)34(39)35-20-19-24-13-16-28(40-2)17-14-24/h7-11,13-18,21,23,29H,5-6,12,19-20,22H2,1-4H3,(H,35,39)(H,36,38). The summed E-state index contributed by atoms with van der Waals surface area (Å²) in [5, 5.41) is 5.57. The molecule has 0 aliphatic heterocycles. The highest BCUT2D eigenvalue weighted by molar-refractivity contribution is 6.38. The molecule has 8 nitrogen and oxygen atoms in total. The van der Waals surface area contributed by atoms with Crippen LogP contribution in [0.3, 0.4) is 0 Å². The number of unbranched alkanes of at least 4 members (excludes halogenated alkanes) is 1. The van der Waals surface area contributed by atoms with Crippen LogP contribution in [0.15, 0.2) is 78.4 Å². The van der Waals surface area contributed by atoms with Crippen LogP contribution in [0.5, 0.6) is 17.2 Å². The normalized spacial score (nSPS) is 11.8. The van der Waals surface area contributed by atoms with Gasteiger partial charge >= 0.3 is 0 Å². The van der Waals surface area contributed by atoms with Gasteiger partial charge in [0.25, 0.3) is 5.91 Å². The summed E-state index contributed by atoms with van der Waals surface area (Å²) in [5.74, 6) is 0.0618. The minimum absolute atomic E-state index is 0.189. The van der Waals surface area contributed by atoms with Gasteiger partial charge in [0.2, 0.25) is 11.7 Å².